The number of nitrogen functional groups attached to an aromatic ring is 1. The molecule has 0 aliphatic carbocycles. The van der Waals surface area contributed by atoms with Crippen molar-refractivity contribution in [1.82, 2.24) is 0 Å². The average Bonchev–Trinajstić information content (AvgIpc) is 1.90. The SMILES string of the molecule is Nc1ccc(C[SH2+])cc1. The first kappa shape index (κ1) is 6.49. The van der Waals surface area contributed by atoms with Crippen molar-refractivity contribution in [3.8, 4) is 0 Å². The minimum absolute atomic E-state index is 0.818. The van der Waals surface area contributed by atoms with Gasteiger partial charge in [-0.25, -0.2) is 0 Å². The van der Waals surface area contributed by atoms with Crippen molar-refractivity contribution in [2.75, 3.05) is 5.73 Å². The Morgan fingerprint density at radius 1 is 1.22 bits per heavy atom. The van der Waals surface area contributed by atoms with E-state index in [1.165, 1.54) is 5.56 Å². The van der Waals surface area contributed by atoms with Crippen LogP contribution in [0, 0.1) is 0 Å². The first-order chi connectivity index (χ1) is 4.33. The van der Waals surface area contributed by atoms with Gasteiger partial charge in [-0.3, -0.25) is 0 Å². The van der Waals surface area contributed by atoms with E-state index in [9.17, 15) is 0 Å². The number of hydrogen-bond donors (Lipinski definition) is 1. The van der Waals surface area contributed by atoms with Crippen molar-refractivity contribution in [1.29, 1.82) is 0 Å². The van der Waals surface area contributed by atoms with Crippen LogP contribution in [-0.2, 0) is 18.4 Å². The molecule has 0 aliphatic heterocycles. The Labute approximate surface area is 60.3 Å². The monoisotopic (exact) mass is 140 g/mol. The summed E-state index contributed by atoms with van der Waals surface area (Å²) in [6, 6.07) is 7.80. The van der Waals surface area contributed by atoms with Gasteiger partial charge in [-0.1, -0.05) is 12.1 Å². The van der Waals surface area contributed by atoms with Gasteiger partial charge in [-0.15, -0.1) is 0 Å². The number of anilines is 1. The van der Waals surface area contributed by atoms with Gasteiger partial charge in [0.1, 0.15) is 5.75 Å². The van der Waals surface area contributed by atoms with Crippen LogP contribution in [-0.4, -0.2) is 0 Å². The summed E-state index contributed by atoms with van der Waals surface area (Å²) in [6.07, 6.45) is 0. The van der Waals surface area contributed by atoms with E-state index in [4.69, 9.17) is 5.73 Å². The fourth-order valence-electron chi connectivity index (χ4n) is 0.635. The number of benzene rings is 1. The van der Waals surface area contributed by atoms with Crippen LogP contribution in [0.5, 0.6) is 0 Å². The highest BCUT2D eigenvalue weighted by Gasteiger charge is 1.89. The third-order valence-corrected chi connectivity index (χ3v) is 1.59. The molecule has 2 N–H and O–H groups in total. The molecule has 0 spiro atoms. The molecule has 1 nitrogen and oxygen atoms in total. The van der Waals surface area contributed by atoms with E-state index in [2.05, 4.69) is 12.6 Å². The molecule has 0 aliphatic rings. The van der Waals surface area contributed by atoms with Crippen LogP contribution in [0.4, 0.5) is 5.69 Å². The zero-order valence-corrected chi connectivity index (χ0v) is 6.09. The molecule has 0 unspecified atom stereocenters. The van der Waals surface area contributed by atoms with Gasteiger partial charge >= 0.3 is 0 Å². The first-order valence-electron chi connectivity index (χ1n) is 2.82. The number of hydrogen-bond acceptors (Lipinski definition) is 1. The quantitative estimate of drug-likeness (QED) is 0.453. The van der Waals surface area contributed by atoms with Crippen LogP contribution in [0.2, 0.25) is 0 Å². The molecule has 0 bridgehead atoms. The second kappa shape index (κ2) is 2.78. The number of nitrogens with two attached hydrogens (primary N) is 1. The van der Waals surface area contributed by atoms with Crippen LogP contribution < -0.4 is 5.73 Å². The predicted octanol–water partition coefficient (Wildman–Crippen LogP) is 0.780. The van der Waals surface area contributed by atoms with Crippen molar-refractivity contribution < 1.29 is 0 Å². The zero-order valence-electron chi connectivity index (χ0n) is 5.09. The Morgan fingerprint density at radius 2 is 1.78 bits per heavy atom. The fraction of sp³-hybridized carbons (Fsp3) is 0.143. The maximum atomic E-state index is 5.47. The summed E-state index contributed by atoms with van der Waals surface area (Å²) in [5.41, 5.74) is 7.53. The van der Waals surface area contributed by atoms with Crippen LogP contribution in [0.15, 0.2) is 24.3 Å². The largest absolute Gasteiger partial charge is 0.399 e. The summed E-state index contributed by atoms with van der Waals surface area (Å²) in [7, 11) is 0. The topological polar surface area (TPSA) is 26.0 Å². The normalized spacial score (nSPS) is 9.44. The maximum absolute atomic E-state index is 5.47. The second-order valence-corrected chi connectivity index (χ2v) is 2.27. The molecule has 2 heteroatoms. The Balaban J connectivity index is 2.88. The lowest BCUT2D eigenvalue weighted by Gasteiger charge is -1.91. The summed E-state index contributed by atoms with van der Waals surface area (Å²) in [5.74, 6) is 0.889. The molecule has 1 aromatic rings. The third-order valence-electron chi connectivity index (χ3n) is 1.18. The Kier molecular flexibility index (Phi) is 2.01. The van der Waals surface area contributed by atoms with Gasteiger partial charge in [0.05, 0.1) is 0 Å². The third kappa shape index (κ3) is 1.64. The van der Waals surface area contributed by atoms with E-state index >= 15 is 0 Å². The van der Waals surface area contributed by atoms with Gasteiger partial charge in [0, 0.05) is 11.3 Å². The van der Waals surface area contributed by atoms with Crippen LogP contribution in [0.1, 0.15) is 5.56 Å². The van der Waals surface area contributed by atoms with E-state index in [0.29, 0.717) is 0 Å². The highest BCUT2D eigenvalue weighted by Crippen LogP contribution is 2.04. The minimum atomic E-state index is 0.818. The summed E-state index contributed by atoms with van der Waals surface area (Å²) in [4.78, 5) is 0. The molecule has 0 fully saturated rings. The molecule has 9 heavy (non-hydrogen) atoms. The fourth-order valence-corrected chi connectivity index (χ4v) is 0.871. The predicted molar refractivity (Wildman–Crippen MR) is 44.7 cm³/mol. The summed E-state index contributed by atoms with van der Waals surface area (Å²) in [5, 5.41) is 0. The molecular weight excluding hydrogens is 130 g/mol. The van der Waals surface area contributed by atoms with Gasteiger partial charge in [0.25, 0.3) is 0 Å². The molecular formula is C7H10NS+. The summed E-state index contributed by atoms with van der Waals surface area (Å²) >= 11 is 3.39. The molecule has 0 heterocycles. The maximum Gasteiger partial charge on any atom is 0.128 e. The zero-order chi connectivity index (χ0) is 6.69. The summed E-state index contributed by atoms with van der Waals surface area (Å²) in [6.45, 7) is 0. The highest BCUT2D eigenvalue weighted by atomic mass is 32.1. The molecule has 0 radical (unpaired) electrons. The average molecular weight is 140 g/mol. The molecule has 0 aromatic heterocycles. The Morgan fingerprint density at radius 3 is 2.22 bits per heavy atom. The van der Waals surface area contributed by atoms with E-state index in [-0.39, 0.29) is 0 Å². The van der Waals surface area contributed by atoms with Gasteiger partial charge < -0.3 is 5.73 Å². The molecule has 0 amide bonds. The van der Waals surface area contributed by atoms with Crippen LogP contribution in [0.3, 0.4) is 0 Å². The van der Waals surface area contributed by atoms with Gasteiger partial charge in [0.15, 0.2) is 0 Å². The molecule has 0 saturated heterocycles. The van der Waals surface area contributed by atoms with E-state index in [1.807, 2.05) is 24.3 Å². The lowest BCUT2D eigenvalue weighted by Crippen LogP contribution is -1.84. The molecule has 1 aromatic carbocycles. The Hall–Kier alpha value is -0.630. The molecule has 48 valence electrons. The highest BCUT2D eigenvalue weighted by molar-refractivity contribution is 7.57. The molecule has 0 atom stereocenters. The van der Waals surface area contributed by atoms with Gasteiger partial charge in [-0.05, 0) is 24.8 Å². The van der Waals surface area contributed by atoms with Crippen molar-refractivity contribution >= 4 is 18.3 Å². The Bertz CT molecular complexity index is 181. The van der Waals surface area contributed by atoms with Crippen LogP contribution >= 0.6 is 0 Å². The summed E-state index contributed by atoms with van der Waals surface area (Å²) < 4.78 is 0. The first-order valence-corrected chi connectivity index (χ1v) is 3.52. The van der Waals surface area contributed by atoms with Crippen LogP contribution in [0.25, 0.3) is 0 Å². The van der Waals surface area contributed by atoms with Crippen molar-refractivity contribution in [2.45, 2.75) is 5.75 Å². The van der Waals surface area contributed by atoms with Crippen molar-refractivity contribution in [3.63, 3.8) is 0 Å². The number of rotatable bonds is 1. The van der Waals surface area contributed by atoms with E-state index in [0.717, 1.165) is 11.4 Å². The molecule has 0 saturated carbocycles. The molecule has 1 rings (SSSR count). The van der Waals surface area contributed by atoms with Gasteiger partial charge in [-0.2, -0.15) is 0 Å². The van der Waals surface area contributed by atoms with Gasteiger partial charge in [0.2, 0.25) is 0 Å². The van der Waals surface area contributed by atoms with Crippen molar-refractivity contribution in [3.05, 3.63) is 29.8 Å². The lowest BCUT2D eigenvalue weighted by molar-refractivity contribution is 1.43. The van der Waals surface area contributed by atoms with E-state index < -0.39 is 0 Å². The smallest absolute Gasteiger partial charge is 0.128 e. The lowest BCUT2D eigenvalue weighted by atomic mass is 10.2. The van der Waals surface area contributed by atoms with Crippen molar-refractivity contribution in [2.24, 2.45) is 0 Å². The second-order valence-electron chi connectivity index (χ2n) is 1.92. The minimum Gasteiger partial charge on any atom is -0.399 e. The van der Waals surface area contributed by atoms with E-state index in [1.54, 1.807) is 0 Å². The standard InChI is InChI=1S/C7H9NS/c8-7-3-1-6(5-9)2-4-7/h1-4,9H,5,8H2/p+1.